The van der Waals surface area contributed by atoms with Gasteiger partial charge in [-0.2, -0.15) is 13.2 Å². The molecule has 0 radical (unpaired) electrons. The molecular weight excluding hydrogens is 535 g/mol. The molecule has 3 aromatic heterocycles. The summed E-state index contributed by atoms with van der Waals surface area (Å²) in [5.74, 6) is 2.80. The molecule has 214 valence electrons. The van der Waals surface area contributed by atoms with Crippen molar-refractivity contribution in [2.45, 2.75) is 57.8 Å². The molecule has 41 heavy (non-hydrogen) atoms. The lowest BCUT2D eigenvalue weighted by molar-refractivity contribution is -0.140. The van der Waals surface area contributed by atoms with Crippen molar-refractivity contribution in [1.82, 2.24) is 29.5 Å². The van der Waals surface area contributed by atoms with Crippen molar-refractivity contribution in [1.29, 1.82) is 0 Å². The van der Waals surface area contributed by atoms with Crippen LogP contribution in [0.3, 0.4) is 0 Å². The Bertz CT molecular complexity index is 1550. The normalized spacial score (nSPS) is 15.4. The fourth-order valence-corrected chi connectivity index (χ4v) is 5.04. The van der Waals surface area contributed by atoms with Crippen molar-refractivity contribution in [3.05, 3.63) is 59.9 Å². The summed E-state index contributed by atoms with van der Waals surface area (Å²) in [5.41, 5.74) is 2.28. The zero-order valence-corrected chi connectivity index (χ0v) is 23.0. The third kappa shape index (κ3) is 5.42. The third-order valence-corrected chi connectivity index (χ3v) is 7.25. The maximum atomic E-state index is 13.4. The molecule has 4 aromatic rings. The lowest BCUT2D eigenvalue weighted by Gasteiger charge is -2.23. The first-order valence-electron chi connectivity index (χ1n) is 13.6. The number of alkyl halides is 3. The summed E-state index contributed by atoms with van der Waals surface area (Å²) in [6, 6.07) is 7.27. The van der Waals surface area contributed by atoms with Gasteiger partial charge in [-0.3, -0.25) is 0 Å². The van der Waals surface area contributed by atoms with Crippen molar-refractivity contribution in [3.8, 4) is 34.4 Å². The summed E-state index contributed by atoms with van der Waals surface area (Å²) in [4.78, 5) is 24.4. The van der Waals surface area contributed by atoms with Crippen LogP contribution in [0, 0.1) is 0 Å². The van der Waals surface area contributed by atoms with Gasteiger partial charge in [-0.05, 0) is 38.7 Å². The second-order valence-electron chi connectivity index (χ2n) is 10.6. The average molecular weight is 566 g/mol. The number of halogens is 3. The number of aromatic nitrogens is 6. The third-order valence-electron chi connectivity index (χ3n) is 7.25. The van der Waals surface area contributed by atoms with Gasteiger partial charge < -0.3 is 18.9 Å². The maximum Gasteiger partial charge on any atom is 0.434 e. The summed E-state index contributed by atoms with van der Waals surface area (Å²) in [6.45, 7) is 5.43. The van der Waals surface area contributed by atoms with Gasteiger partial charge in [0.05, 0.1) is 25.6 Å². The van der Waals surface area contributed by atoms with E-state index in [1.165, 1.54) is 6.33 Å². The van der Waals surface area contributed by atoms with Crippen LogP contribution in [0.5, 0.6) is 11.6 Å². The molecule has 0 spiro atoms. The molecule has 0 N–H and O–H groups in total. The lowest BCUT2D eigenvalue weighted by atomic mass is 10.1. The number of fused-ring (bicyclic) bond motifs is 1. The summed E-state index contributed by atoms with van der Waals surface area (Å²) >= 11 is 0. The van der Waals surface area contributed by atoms with Crippen LogP contribution in [0.15, 0.2) is 43.0 Å². The predicted octanol–water partition coefficient (Wildman–Crippen LogP) is 6.07. The average Bonchev–Trinajstić information content (AvgIpc) is 3.73. The molecule has 0 bridgehead atoms. The van der Waals surface area contributed by atoms with E-state index in [9.17, 15) is 13.2 Å². The number of methoxy groups -OCH3 is 1. The number of imidazole rings is 1. The van der Waals surface area contributed by atoms with Crippen LogP contribution in [0.4, 0.5) is 19.0 Å². The van der Waals surface area contributed by atoms with Crippen molar-refractivity contribution >= 4 is 5.82 Å². The zero-order valence-electron chi connectivity index (χ0n) is 23.0. The first-order valence-corrected chi connectivity index (χ1v) is 13.6. The Morgan fingerprint density at radius 3 is 2.54 bits per heavy atom. The molecule has 9 nitrogen and oxygen atoms in total. The van der Waals surface area contributed by atoms with E-state index in [1.807, 2.05) is 38.1 Å². The molecule has 1 fully saturated rings. The minimum absolute atomic E-state index is 0.176. The van der Waals surface area contributed by atoms with E-state index in [0.29, 0.717) is 60.0 Å². The van der Waals surface area contributed by atoms with Gasteiger partial charge in [0.1, 0.15) is 17.7 Å². The topological polar surface area (TPSA) is 91.1 Å². The number of benzene rings is 1. The highest BCUT2D eigenvalue weighted by Crippen LogP contribution is 2.45. The summed E-state index contributed by atoms with van der Waals surface area (Å²) < 4.78 is 53.2. The highest BCUT2D eigenvalue weighted by atomic mass is 19.4. The molecule has 0 atom stereocenters. The van der Waals surface area contributed by atoms with Gasteiger partial charge in [-0.25, -0.2) is 24.9 Å². The first kappa shape index (κ1) is 27.0. The van der Waals surface area contributed by atoms with Gasteiger partial charge in [0.25, 0.3) is 0 Å². The minimum atomic E-state index is -4.51. The lowest BCUT2D eigenvalue weighted by Crippen LogP contribution is -2.24. The van der Waals surface area contributed by atoms with E-state index in [2.05, 4.69) is 24.8 Å². The molecule has 1 aliphatic heterocycles. The van der Waals surface area contributed by atoms with Crippen molar-refractivity contribution in [2.24, 2.45) is 0 Å². The zero-order chi connectivity index (χ0) is 28.7. The van der Waals surface area contributed by atoms with Crippen molar-refractivity contribution in [3.63, 3.8) is 0 Å². The largest absolute Gasteiger partial charge is 0.488 e. The molecule has 0 unspecified atom stereocenters. The van der Waals surface area contributed by atoms with Gasteiger partial charge in [0.15, 0.2) is 23.1 Å². The van der Waals surface area contributed by atoms with Gasteiger partial charge in [0.2, 0.25) is 5.88 Å². The molecule has 12 heteroatoms. The van der Waals surface area contributed by atoms with Crippen LogP contribution >= 0.6 is 0 Å². The smallest absolute Gasteiger partial charge is 0.434 e. The highest BCUT2D eigenvalue weighted by molar-refractivity contribution is 5.69. The predicted molar refractivity (Wildman–Crippen MR) is 146 cm³/mol. The second-order valence-corrected chi connectivity index (χ2v) is 10.6. The van der Waals surface area contributed by atoms with Gasteiger partial charge in [0, 0.05) is 36.8 Å². The molecule has 0 amide bonds. The quantitative estimate of drug-likeness (QED) is 0.267. The Morgan fingerprint density at radius 2 is 1.85 bits per heavy atom. The molecule has 1 aromatic carbocycles. The summed E-state index contributed by atoms with van der Waals surface area (Å²) in [5, 5.41) is 0. The SMILES string of the molecule is COc1ncnc(C2CC2)c1-c1ncc2c(n1)N(Cc1ccc(-c3nc(C(F)(F)F)cn3C(C)C)cc1)CCCO2. The standard InChI is InChI=1S/C29H30F3N7O2/c1-17(2)39-15-22(29(30,31)32)36-26(39)20-7-5-18(6-8-20)14-38-11-4-12-41-21-13-33-25(37-27(21)38)23-24(19-9-10-19)34-16-35-28(23)40-3/h5-8,13,15-17,19H,4,9-12,14H2,1-3H3. The van der Waals surface area contributed by atoms with Crippen LogP contribution in [-0.4, -0.2) is 49.7 Å². The number of hydrogen-bond acceptors (Lipinski definition) is 8. The van der Waals surface area contributed by atoms with E-state index in [-0.39, 0.29) is 11.9 Å². The molecule has 6 rings (SSSR count). The highest BCUT2D eigenvalue weighted by Gasteiger charge is 2.35. The molecule has 1 saturated carbocycles. The number of hydrogen-bond donors (Lipinski definition) is 0. The van der Waals surface area contributed by atoms with E-state index >= 15 is 0 Å². The van der Waals surface area contributed by atoms with Gasteiger partial charge >= 0.3 is 6.18 Å². The van der Waals surface area contributed by atoms with Crippen LogP contribution < -0.4 is 14.4 Å². The number of nitrogens with zero attached hydrogens (tertiary/aromatic N) is 7. The van der Waals surface area contributed by atoms with Gasteiger partial charge in [-0.15, -0.1) is 0 Å². The Labute approximate surface area is 235 Å². The van der Waals surface area contributed by atoms with E-state index in [4.69, 9.17) is 14.5 Å². The maximum absolute atomic E-state index is 13.4. The summed E-state index contributed by atoms with van der Waals surface area (Å²) in [6.07, 6.45) is 2.66. The monoisotopic (exact) mass is 565 g/mol. The Kier molecular flexibility index (Phi) is 7.00. The van der Waals surface area contributed by atoms with E-state index in [0.717, 1.165) is 36.7 Å². The first-order chi connectivity index (χ1) is 19.7. The van der Waals surface area contributed by atoms with Crippen molar-refractivity contribution < 1.29 is 22.6 Å². The Hall–Kier alpha value is -4.22. The van der Waals surface area contributed by atoms with E-state index in [1.54, 1.807) is 17.9 Å². The molecular formula is C29H30F3N7O2. The number of rotatable bonds is 7. The van der Waals surface area contributed by atoms with E-state index < -0.39 is 11.9 Å². The molecule has 4 heterocycles. The van der Waals surface area contributed by atoms with Crippen molar-refractivity contribution in [2.75, 3.05) is 25.2 Å². The number of anilines is 1. The Morgan fingerprint density at radius 1 is 1.07 bits per heavy atom. The number of ether oxygens (including phenoxy) is 2. The molecule has 2 aliphatic rings. The fraction of sp³-hybridized carbons (Fsp3) is 0.414. The fourth-order valence-electron chi connectivity index (χ4n) is 5.04. The van der Waals surface area contributed by atoms with Crippen LogP contribution in [0.25, 0.3) is 22.8 Å². The Balaban J connectivity index is 1.31. The van der Waals surface area contributed by atoms with Crippen LogP contribution in [0.2, 0.25) is 0 Å². The van der Waals surface area contributed by atoms with Gasteiger partial charge in [-0.1, -0.05) is 24.3 Å². The minimum Gasteiger partial charge on any atom is -0.488 e. The second kappa shape index (κ2) is 10.6. The molecule has 0 saturated heterocycles. The van der Waals surface area contributed by atoms with Crippen LogP contribution in [0.1, 0.15) is 62.0 Å². The molecule has 1 aliphatic carbocycles. The van der Waals surface area contributed by atoms with Crippen LogP contribution in [-0.2, 0) is 12.7 Å². The summed E-state index contributed by atoms with van der Waals surface area (Å²) in [7, 11) is 1.57.